The summed E-state index contributed by atoms with van der Waals surface area (Å²) < 4.78 is 1.66. The molecule has 0 saturated carbocycles. The van der Waals surface area contributed by atoms with Crippen molar-refractivity contribution >= 4 is 11.6 Å². The largest absolute Gasteiger partial charge is 0.330 e. The van der Waals surface area contributed by atoms with Gasteiger partial charge in [0.25, 0.3) is 5.91 Å². The zero-order valence-electron chi connectivity index (χ0n) is 11.4. The first kappa shape index (κ1) is 13.0. The molecule has 3 heterocycles. The second-order valence-corrected chi connectivity index (χ2v) is 4.49. The highest BCUT2D eigenvalue weighted by Crippen LogP contribution is 2.16. The second-order valence-electron chi connectivity index (χ2n) is 4.49. The van der Waals surface area contributed by atoms with Crippen molar-refractivity contribution in [1.29, 1.82) is 0 Å². The van der Waals surface area contributed by atoms with Gasteiger partial charge in [-0.2, -0.15) is 0 Å². The van der Waals surface area contributed by atoms with Crippen LogP contribution in [-0.4, -0.2) is 25.4 Å². The van der Waals surface area contributed by atoms with Crippen LogP contribution in [0.2, 0.25) is 0 Å². The van der Waals surface area contributed by atoms with E-state index in [0.717, 1.165) is 11.4 Å². The summed E-state index contributed by atoms with van der Waals surface area (Å²) in [6.45, 7) is 0. The molecule has 0 aromatic carbocycles. The van der Waals surface area contributed by atoms with Crippen LogP contribution in [0, 0.1) is 0 Å². The lowest BCUT2D eigenvalue weighted by Gasteiger charge is -2.06. The van der Waals surface area contributed by atoms with Crippen molar-refractivity contribution in [1.82, 2.24) is 19.5 Å². The maximum absolute atomic E-state index is 12.0. The summed E-state index contributed by atoms with van der Waals surface area (Å²) in [5, 5.41) is 2.78. The van der Waals surface area contributed by atoms with Crippen LogP contribution in [0.15, 0.2) is 55.2 Å². The number of aromatic nitrogens is 4. The number of pyridine rings is 2. The summed E-state index contributed by atoms with van der Waals surface area (Å²) in [5.41, 5.74) is 2.67. The molecule has 0 aliphatic heterocycles. The molecule has 0 fully saturated rings. The molecule has 21 heavy (non-hydrogen) atoms. The molecule has 0 aliphatic carbocycles. The summed E-state index contributed by atoms with van der Waals surface area (Å²) in [6.07, 6.45) is 6.43. The number of nitrogens with zero attached hydrogens (tertiary/aromatic N) is 4. The van der Waals surface area contributed by atoms with Crippen LogP contribution in [0.5, 0.6) is 0 Å². The Hall–Kier alpha value is -3.02. The zero-order valence-corrected chi connectivity index (χ0v) is 11.4. The molecule has 6 nitrogen and oxygen atoms in total. The van der Waals surface area contributed by atoms with Crippen LogP contribution in [0.4, 0.5) is 5.69 Å². The molecule has 0 saturated heterocycles. The van der Waals surface area contributed by atoms with E-state index in [0.29, 0.717) is 11.4 Å². The SMILES string of the molecule is Cn1cncc1C(=O)Nc1ccc(-c2ccccn2)nc1. The Morgan fingerprint density at radius 3 is 2.57 bits per heavy atom. The molecule has 0 radical (unpaired) electrons. The Morgan fingerprint density at radius 2 is 1.95 bits per heavy atom. The first-order valence-electron chi connectivity index (χ1n) is 6.39. The molecule has 0 aliphatic rings. The number of carbonyl (C=O) groups excluding carboxylic acids is 1. The molecule has 0 atom stereocenters. The predicted octanol–water partition coefficient (Wildman–Crippen LogP) is 2.13. The fourth-order valence-corrected chi connectivity index (χ4v) is 1.90. The molecule has 3 aromatic heterocycles. The van der Waals surface area contributed by atoms with Crippen LogP contribution >= 0.6 is 0 Å². The average molecular weight is 279 g/mol. The topological polar surface area (TPSA) is 72.7 Å². The zero-order chi connectivity index (χ0) is 14.7. The summed E-state index contributed by atoms with van der Waals surface area (Å²) >= 11 is 0. The molecule has 0 unspecified atom stereocenters. The maximum atomic E-state index is 12.0. The van der Waals surface area contributed by atoms with Gasteiger partial charge in [0.15, 0.2) is 0 Å². The predicted molar refractivity (Wildman–Crippen MR) is 78.6 cm³/mol. The van der Waals surface area contributed by atoms with Crippen LogP contribution in [-0.2, 0) is 7.05 Å². The van der Waals surface area contributed by atoms with E-state index in [2.05, 4.69) is 20.3 Å². The molecular weight excluding hydrogens is 266 g/mol. The van der Waals surface area contributed by atoms with Crippen molar-refractivity contribution in [2.75, 3.05) is 5.32 Å². The van der Waals surface area contributed by atoms with Crippen LogP contribution < -0.4 is 5.32 Å². The van der Waals surface area contributed by atoms with Gasteiger partial charge in [-0.05, 0) is 24.3 Å². The third-order valence-corrected chi connectivity index (χ3v) is 3.00. The number of hydrogen-bond donors (Lipinski definition) is 1. The number of imidazole rings is 1. The number of anilines is 1. The molecule has 1 N–H and O–H groups in total. The number of aryl methyl sites for hydroxylation is 1. The number of nitrogens with one attached hydrogen (secondary N) is 1. The molecule has 6 heteroatoms. The molecule has 104 valence electrons. The van der Waals surface area contributed by atoms with Gasteiger partial charge in [0.2, 0.25) is 0 Å². The maximum Gasteiger partial charge on any atom is 0.273 e. The monoisotopic (exact) mass is 279 g/mol. The first-order valence-corrected chi connectivity index (χ1v) is 6.39. The van der Waals surface area contributed by atoms with Gasteiger partial charge in [0.1, 0.15) is 5.69 Å². The van der Waals surface area contributed by atoms with E-state index in [1.54, 1.807) is 36.4 Å². The molecule has 0 bridgehead atoms. The second kappa shape index (κ2) is 5.54. The summed E-state index contributed by atoms with van der Waals surface area (Å²) in [5.74, 6) is -0.220. The Labute approximate surface area is 121 Å². The summed E-state index contributed by atoms with van der Waals surface area (Å²) in [4.78, 5) is 24.5. The third-order valence-electron chi connectivity index (χ3n) is 3.00. The average Bonchev–Trinajstić information content (AvgIpc) is 2.95. The lowest BCUT2D eigenvalue weighted by atomic mass is 10.2. The van der Waals surface area contributed by atoms with E-state index >= 15 is 0 Å². The number of carbonyl (C=O) groups is 1. The normalized spacial score (nSPS) is 10.3. The Bertz CT molecular complexity index is 749. The minimum absolute atomic E-state index is 0.220. The van der Waals surface area contributed by atoms with Crippen molar-refractivity contribution < 1.29 is 4.79 Å². The Morgan fingerprint density at radius 1 is 1.10 bits per heavy atom. The van der Waals surface area contributed by atoms with Gasteiger partial charge in [-0.1, -0.05) is 6.07 Å². The minimum Gasteiger partial charge on any atom is -0.330 e. The third kappa shape index (κ3) is 2.79. The summed E-state index contributed by atoms with van der Waals surface area (Å²) in [6, 6.07) is 9.26. The van der Waals surface area contributed by atoms with Crippen molar-refractivity contribution in [3.8, 4) is 11.4 Å². The smallest absolute Gasteiger partial charge is 0.273 e. The van der Waals surface area contributed by atoms with Gasteiger partial charge in [-0.3, -0.25) is 14.8 Å². The van der Waals surface area contributed by atoms with E-state index in [1.165, 1.54) is 6.20 Å². The standard InChI is InChI=1S/C15H13N5O/c1-20-10-16-9-14(20)15(21)19-11-5-6-13(18-8-11)12-4-2-3-7-17-12/h2-10H,1H3,(H,19,21). The molecule has 1 amide bonds. The van der Waals surface area contributed by atoms with Crippen molar-refractivity contribution in [3.05, 3.63) is 60.9 Å². The van der Waals surface area contributed by atoms with E-state index in [1.807, 2.05) is 24.3 Å². The lowest BCUT2D eigenvalue weighted by Crippen LogP contribution is -2.15. The highest BCUT2D eigenvalue weighted by molar-refractivity contribution is 6.02. The highest BCUT2D eigenvalue weighted by Gasteiger charge is 2.10. The lowest BCUT2D eigenvalue weighted by molar-refractivity contribution is 0.101. The first-order chi connectivity index (χ1) is 10.2. The van der Waals surface area contributed by atoms with E-state index in [-0.39, 0.29) is 5.91 Å². The fraction of sp³-hybridized carbons (Fsp3) is 0.0667. The van der Waals surface area contributed by atoms with E-state index in [9.17, 15) is 4.79 Å². The van der Waals surface area contributed by atoms with Gasteiger partial charge < -0.3 is 9.88 Å². The number of hydrogen-bond acceptors (Lipinski definition) is 4. The number of amides is 1. The molecule has 3 aromatic rings. The van der Waals surface area contributed by atoms with E-state index < -0.39 is 0 Å². The van der Waals surface area contributed by atoms with Gasteiger partial charge >= 0.3 is 0 Å². The van der Waals surface area contributed by atoms with Crippen LogP contribution in [0.3, 0.4) is 0 Å². The highest BCUT2D eigenvalue weighted by atomic mass is 16.2. The molecular formula is C15H13N5O. The molecule has 0 spiro atoms. The number of rotatable bonds is 3. The van der Waals surface area contributed by atoms with Crippen LogP contribution in [0.1, 0.15) is 10.5 Å². The van der Waals surface area contributed by atoms with Gasteiger partial charge in [-0.15, -0.1) is 0 Å². The minimum atomic E-state index is -0.220. The van der Waals surface area contributed by atoms with E-state index in [4.69, 9.17) is 0 Å². The fourth-order valence-electron chi connectivity index (χ4n) is 1.90. The van der Waals surface area contributed by atoms with Crippen molar-refractivity contribution in [2.24, 2.45) is 7.05 Å². The van der Waals surface area contributed by atoms with Gasteiger partial charge in [0, 0.05) is 13.2 Å². The van der Waals surface area contributed by atoms with Gasteiger partial charge in [-0.25, -0.2) is 4.98 Å². The van der Waals surface area contributed by atoms with Gasteiger partial charge in [0.05, 0.1) is 35.8 Å². The quantitative estimate of drug-likeness (QED) is 0.797. The Kier molecular flexibility index (Phi) is 3.42. The van der Waals surface area contributed by atoms with Crippen LogP contribution in [0.25, 0.3) is 11.4 Å². The molecule has 3 rings (SSSR count). The Balaban J connectivity index is 1.76. The van der Waals surface area contributed by atoms with Crippen molar-refractivity contribution in [3.63, 3.8) is 0 Å². The van der Waals surface area contributed by atoms with Crippen molar-refractivity contribution in [2.45, 2.75) is 0 Å². The summed E-state index contributed by atoms with van der Waals surface area (Å²) in [7, 11) is 1.77.